The van der Waals surface area contributed by atoms with Crippen LogP contribution in [-0.4, -0.2) is 37.8 Å². The van der Waals surface area contributed by atoms with E-state index in [-0.39, 0.29) is 82.4 Å². The normalized spacial score (nSPS) is 14.8. The second-order valence-corrected chi connectivity index (χ2v) is 4.60. The van der Waals surface area contributed by atoms with E-state index in [9.17, 15) is 19.9 Å². The summed E-state index contributed by atoms with van der Waals surface area (Å²) in [5.74, 6) is -1.57. The van der Waals surface area contributed by atoms with Crippen LogP contribution >= 0.6 is 0 Å². The van der Waals surface area contributed by atoms with E-state index in [1.807, 2.05) is 0 Å². The third-order valence-electron chi connectivity index (χ3n) is 3.19. The zero-order chi connectivity index (χ0) is 14.3. The number of aromatic nitrogens is 3. The van der Waals surface area contributed by atoms with Gasteiger partial charge in [-0.1, -0.05) is 17.6 Å². The van der Waals surface area contributed by atoms with Crippen LogP contribution in [0.15, 0.2) is 24.5 Å². The Balaban J connectivity index is 0.00000121. The smallest absolute Gasteiger partial charge is 0.669 e. The molecule has 1 aromatic heterocycles. The van der Waals surface area contributed by atoms with E-state index >= 15 is 0 Å². The SMILES string of the molecule is O=C([O-])c1c(-n2ccnn2)ccc2c1O[B-](O)(O)CC2.[Na+].[Na+]. The Morgan fingerprint density at radius 3 is 2.68 bits per heavy atom. The van der Waals surface area contributed by atoms with Gasteiger partial charge in [0.1, 0.15) is 0 Å². The van der Waals surface area contributed by atoms with Gasteiger partial charge < -0.3 is 24.6 Å². The van der Waals surface area contributed by atoms with Gasteiger partial charge in [0.25, 0.3) is 0 Å². The first-order valence-corrected chi connectivity index (χ1v) is 6.01. The van der Waals surface area contributed by atoms with Gasteiger partial charge in [-0.2, -0.15) is 0 Å². The fourth-order valence-electron chi connectivity index (χ4n) is 2.26. The molecule has 2 N–H and O–H groups in total. The zero-order valence-electron chi connectivity index (χ0n) is 12.3. The first kappa shape index (κ1) is 19.7. The van der Waals surface area contributed by atoms with Gasteiger partial charge in [0, 0.05) is 0 Å². The molecular formula is C11H10BN3Na2O5. The van der Waals surface area contributed by atoms with Crippen LogP contribution in [0.4, 0.5) is 0 Å². The van der Waals surface area contributed by atoms with E-state index < -0.39 is 12.7 Å². The molecule has 11 heteroatoms. The Kier molecular flexibility index (Phi) is 6.66. The van der Waals surface area contributed by atoms with Crippen molar-refractivity contribution in [3.8, 4) is 11.4 Å². The molecule has 0 spiro atoms. The summed E-state index contributed by atoms with van der Waals surface area (Å²) < 4.78 is 6.28. The first-order valence-electron chi connectivity index (χ1n) is 6.01. The van der Waals surface area contributed by atoms with Crippen LogP contribution in [0.2, 0.25) is 6.32 Å². The van der Waals surface area contributed by atoms with Crippen LogP contribution in [0.1, 0.15) is 15.9 Å². The molecule has 0 radical (unpaired) electrons. The first-order chi connectivity index (χ1) is 9.48. The number of benzene rings is 1. The number of carbonyl (C=O) groups is 1. The molecule has 2 aromatic rings. The van der Waals surface area contributed by atoms with E-state index in [0.717, 1.165) is 0 Å². The monoisotopic (exact) mass is 321 g/mol. The number of carboxylic acids is 1. The molecule has 104 valence electrons. The molecule has 0 amide bonds. The van der Waals surface area contributed by atoms with Crippen LogP contribution in [0.25, 0.3) is 5.69 Å². The number of nitrogens with zero attached hydrogens (tertiary/aromatic N) is 3. The molecule has 3 rings (SSSR count). The number of carbonyl (C=O) groups excluding carboxylic acids is 1. The van der Waals surface area contributed by atoms with Crippen LogP contribution < -0.4 is 68.9 Å². The van der Waals surface area contributed by atoms with Crippen LogP contribution in [0, 0.1) is 0 Å². The van der Waals surface area contributed by atoms with Crippen molar-refractivity contribution in [1.82, 2.24) is 15.0 Å². The van der Waals surface area contributed by atoms with Gasteiger partial charge in [-0.15, -0.1) is 5.10 Å². The van der Waals surface area contributed by atoms with Crippen molar-refractivity contribution in [1.29, 1.82) is 0 Å². The molecule has 2 heterocycles. The summed E-state index contributed by atoms with van der Waals surface area (Å²) in [5, 5.41) is 37.9. The van der Waals surface area contributed by atoms with Crippen LogP contribution in [0.3, 0.4) is 0 Å². The predicted octanol–water partition coefficient (Wildman–Crippen LogP) is -7.50. The molecule has 0 unspecified atom stereocenters. The standard InChI is InChI=1S/C11H11BN3O5.2Na/c16-11(17)9-8(15-6-5-13-14-15)2-1-7-3-4-12(18,19)20-10(7)9;;/h1-2,5-6,18-19H,3-4H2,(H,16,17);;/q-1;2*+1/p-1. The van der Waals surface area contributed by atoms with Crippen LogP contribution in [0.5, 0.6) is 5.75 Å². The molecule has 1 aliphatic heterocycles. The largest absolute Gasteiger partial charge is 1.00 e. The summed E-state index contributed by atoms with van der Waals surface area (Å²) in [5.41, 5.74) is 0.491. The molecule has 1 aliphatic rings. The van der Waals surface area contributed by atoms with Crippen molar-refractivity contribution < 1.29 is 83.7 Å². The maximum absolute atomic E-state index is 11.4. The van der Waals surface area contributed by atoms with Crippen LogP contribution in [-0.2, 0) is 6.42 Å². The van der Waals surface area contributed by atoms with Gasteiger partial charge in [0.15, 0.2) is 0 Å². The number of hydrogen-bond donors (Lipinski definition) is 2. The average Bonchev–Trinajstić information content (AvgIpc) is 2.89. The average molecular weight is 321 g/mol. The summed E-state index contributed by atoms with van der Waals surface area (Å²) >= 11 is 0. The van der Waals surface area contributed by atoms with E-state index in [1.165, 1.54) is 17.1 Å². The molecule has 22 heavy (non-hydrogen) atoms. The second kappa shape index (κ2) is 7.46. The summed E-state index contributed by atoms with van der Waals surface area (Å²) in [6.07, 6.45) is 3.18. The number of aryl methyl sites for hydroxylation is 1. The quantitative estimate of drug-likeness (QED) is 0.527. The van der Waals surface area contributed by atoms with Gasteiger partial charge in [0.05, 0.1) is 35.4 Å². The van der Waals surface area contributed by atoms with Crippen molar-refractivity contribution in [2.75, 3.05) is 0 Å². The van der Waals surface area contributed by atoms with E-state index in [1.54, 1.807) is 12.1 Å². The predicted molar refractivity (Wildman–Crippen MR) is 65.0 cm³/mol. The third kappa shape index (κ3) is 3.74. The van der Waals surface area contributed by atoms with Gasteiger partial charge in [-0.25, -0.2) is 4.68 Å². The molecule has 0 saturated carbocycles. The maximum atomic E-state index is 11.4. The number of aromatic carboxylic acids is 1. The van der Waals surface area contributed by atoms with Gasteiger partial charge in [-0.3, -0.25) is 0 Å². The van der Waals surface area contributed by atoms with Gasteiger partial charge in [0.2, 0.25) is 0 Å². The summed E-state index contributed by atoms with van der Waals surface area (Å²) in [4.78, 5) is 11.4. The Labute approximate surface area is 170 Å². The number of carboxylic acid groups (broad SMARTS) is 1. The molecule has 0 fully saturated rings. The van der Waals surface area contributed by atoms with E-state index in [0.29, 0.717) is 12.0 Å². The van der Waals surface area contributed by atoms with Crippen molar-refractivity contribution in [2.24, 2.45) is 0 Å². The summed E-state index contributed by atoms with van der Waals surface area (Å²) in [6, 6.07) is 3.21. The van der Waals surface area contributed by atoms with Crippen molar-refractivity contribution in [2.45, 2.75) is 12.7 Å². The molecule has 0 atom stereocenters. The Morgan fingerprint density at radius 2 is 2.09 bits per heavy atom. The van der Waals surface area contributed by atoms with E-state index in [4.69, 9.17) is 4.65 Å². The van der Waals surface area contributed by atoms with E-state index in [2.05, 4.69) is 10.3 Å². The topological polar surface area (TPSA) is 121 Å². The Hall–Kier alpha value is -0.385. The number of fused-ring (bicyclic) bond motifs is 1. The fraction of sp³-hybridized carbons (Fsp3) is 0.182. The number of rotatable bonds is 2. The summed E-state index contributed by atoms with van der Waals surface area (Å²) in [6.45, 7) is -3.05. The minimum Gasteiger partial charge on any atom is -0.669 e. The molecule has 0 saturated heterocycles. The third-order valence-corrected chi connectivity index (χ3v) is 3.19. The number of hydrogen-bond acceptors (Lipinski definition) is 7. The Morgan fingerprint density at radius 1 is 1.36 bits per heavy atom. The second-order valence-electron chi connectivity index (χ2n) is 4.60. The van der Waals surface area contributed by atoms with Crippen molar-refractivity contribution in [3.05, 3.63) is 35.7 Å². The van der Waals surface area contributed by atoms with Crippen molar-refractivity contribution >= 4 is 12.7 Å². The summed E-state index contributed by atoms with van der Waals surface area (Å²) in [7, 11) is 0. The minimum absolute atomic E-state index is 0. The van der Waals surface area contributed by atoms with Gasteiger partial charge >= 0.3 is 65.9 Å². The molecule has 0 bridgehead atoms. The Bertz CT molecular complexity index is 681. The van der Waals surface area contributed by atoms with Crippen molar-refractivity contribution in [3.63, 3.8) is 0 Å². The molecular weight excluding hydrogens is 311 g/mol. The maximum Gasteiger partial charge on any atom is 1.00 e. The molecule has 8 nitrogen and oxygen atoms in total. The zero-order valence-corrected chi connectivity index (χ0v) is 16.3. The van der Waals surface area contributed by atoms with Gasteiger partial charge in [-0.05, 0) is 18.1 Å². The molecule has 0 aliphatic carbocycles. The fourth-order valence-corrected chi connectivity index (χ4v) is 2.26. The molecule has 1 aromatic carbocycles. The minimum atomic E-state index is -3.05.